The Balaban J connectivity index is 3.08. The standard InChI is InChI=1S/C10H12BrNO2/c1-3-12-9-5-4-7(11)6-8(9)10(13)14-2/h4-6,12H,3H2,1-2H3. The first kappa shape index (κ1) is 11.0. The van der Waals surface area contributed by atoms with Crippen LogP contribution in [0.4, 0.5) is 5.69 Å². The molecule has 0 saturated carbocycles. The van der Waals surface area contributed by atoms with Crippen molar-refractivity contribution in [3.63, 3.8) is 0 Å². The summed E-state index contributed by atoms with van der Waals surface area (Å²) in [4.78, 5) is 11.4. The second-order valence-electron chi connectivity index (χ2n) is 2.71. The van der Waals surface area contributed by atoms with Crippen LogP contribution in [0, 0.1) is 0 Å². The largest absolute Gasteiger partial charge is 0.465 e. The number of ether oxygens (including phenoxy) is 1. The van der Waals surface area contributed by atoms with Gasteiger partial charge in [0.1, 0.15) is 0 Å². The summed E-state index contributed by atoms with van der Waals surface area (Å²) in [5.74, 6) is -0.331. The van der Waals surface area contributed by atoms with E-state index in [-0.39, 0.29) is 5.97 Å². The molecule has 0 radical (unpaired) electrons. The van der Waals surface area contributed by atoms with E-state index in [1.165, 1.54) is 7.11 Å². The second kappa shape index (κ2) is 5.00. The third-order valence-electron chi connectivity index (χ3n) is 1.75. The fourth-order valence-electron chi connectivity index (χ4n) is 1.14. The Morgan fingerprint density at radius 1 is 1.57 bits per heavy atom. The Labute approximate surface area is 91.6 Å². The summed E-state index contributed by atoms with van der Waals surface area (Å²) in [6, 6.07) is 5.47. The fourth-order valence-corrected chi connectivity index (χ4v) is 1.50. The van der Waals surface area contributed by atoms with E-state index in [1.807, 2.05) is 19.1 Å². The zero-order valence-electron chi connectivity index (χ0n) is 8.13. The van der Waals surface area contributed by atoms with E-state index in [1.54, 1.807) is 6.07 Å². The molecule has 0 atom stereocenters. The van der Waals surface area contributed by atoms with Crippen molar-refractivity contribution in [2.24, 2.45) is 0 Å². The molecule has 0 amide bonds. The van der Waals surface area contributed by atoms with Crippen LogP contribution in [0.1, 0.15) is 17.3 Å². The van der Waals surface area contributed by atoms with Gasteiger partial charge in [0.15, 0.2) is 0 Å². The van der Waals surface area contributed by atoms with Crippen LogP contribution in [0.3, 0.4) is 0 Å². The van der Waals surface area contributed by atoms with Gasteiger partial charge < -0.3 is 10.1 Å². The lowest BCUT2D eigenvalue weighted by Crippen LogP contribution is -2.07. The highest BCUT2D eigenvalue weighted by Crippen LogP contribution is 2.21. The van der Waals surface area contributed by atoms with Crippen LogP contribution in [-0.2, 0) is 4.74 Å². The average molecular weight is 258 g/mol. The molecule has 4 heteroatoms. The minimum absolute atomic E-state index is 0.331. The molecule has 1 aromatic carbocycles. The maximum atomic E-state index is 11.4. The molecule has 0 saturated heterocycles. The zero-order chi connectivity index (χ0) is 10.6. The summed E-state index contributed by atoms with van der Waals surface area (Å²) in [6.07, 6.45) is 0. The molecule has 76 valence electrons. The van der Waals surface area contributed by atoms with Crippen molar-refractivity contribution in [2.45, 2.75) is 6.92 Å². The minimum atomic E-state index is -0.331. The van der Waals surface area contributed by atoms with Gasteiger partial charge in [-0.2, -0.15) is 0 Å². The van der Waals surface area contributed by atoms with Gasteiger partial charge >= 0.3 is 5.97 Å². The van der Waals surface area contributed by atoms with Crippen molar-refractivity contribution in [3.05, 3.63) is 28.2 Å². The molecule has 0 unspecified atom stereocenters. The smallest absolute Gasteiger partial charge is 0.340 e. The highest BCUT2D eigenvalue weighted by Gasteiger charge is 2.11. The van der Waals surface area contributed by atoms with Gasteiger partial charge in [-0.05, 0) is 25.1 Å². The van der Waals surface area contributed by atoms with Gasteiger partial charge in [0, 0.05) is 16.7 Å². The van der Waals surface area contributed by atoms with Crippen LogP contribution in [0.25, 0.3) is 0 Å². The van der Waals surface area contributed by atoms with E-state index < -0.39 is 0 Å². The SMILES string of the molecule is CCNc1ccc(Br)cc1C(=O)OC. The maximum absolute atomic E-state index is 11.4. The molecule has 0 aliphatic carbocycles. The molecule has 0 aliphatic rings. The number of hydrogen-bond donors (Lipinski definition) is 1. The summed E-state index contributed by atoms with van der Waals surface area (Å²) < 4.78 is 5.54. The molecule has 14 heavy (non-hydrogen) atoms. The van der Waals surface area contributed by atoms with Gasteiger partial charge in [0.05, 0.1) is 12.7 Å². The highest BCUT2D eigenvalue weighted by molar-refractivity contribution is 9.10. The number of esters is 1. The molecule has 3 nitrogen and oxygen atoms in total. The number of rotatable bonds is 3. The van der Waals surface area contributed by atoms with Gasteiger partial charge in [0.2, 0.25) is 0 Å². The summed E-state index contributed by atoms with van der Waals surface area (Å²) in [7, 11) is 1.37. The molecule has 0 aromatic heterocycles. The van der Waals surface area contributed by atoms with Crippen molar-refractivity contribution in [3.8, 4) is 0 Å². The number of anilines is 1. The zero-order valence-corrected chi connectivity index (χ0v) is 9.72. The minimum Gasteiger partial charge on any atom is -0.465 e. The summed E-state index contributed by atoms with van der Waals surface area (Å²) in [6.45, 7) is 2.74. The molecule has 1 aromatic rings. The van der Waals surface area contributed by atoms with Crippen molar-refractivity contribution >= 4 is 27.6 Å². The van der Waals surface area contributed by atoms with Gasteiger partial charge in [-0.1, -0.05) is 15.9 Å². The van der Waals surface area contributed by atoms with Crippen molar-refractivity contribution < 1.29 is 9.53 Å². The number of methoxy groups -OCH3 is 1. The van der Waals surface area contributed by atoms with E-state index >= 15 is 0 Å². The molecule has 1 N–H and O–H groups in total. The van der Waals surface area contributed by atoms with Crippen LogP contribution >= 0.6 is 15.9 Å². The molecular formula is C10H12BrNO2. The van der Waals surface area contributed by atoms with Gasteiger partial charge in [-0.15, -0.1) is 0 Å². The fraction of sp³-hybridized carbons (Fsp3) is 0.300. The molecule has 0 fully saturated rings. The third-order valence-corrected chi connectivity index (χ3v) is 2.25. The molecule has 0 bridgehead atoms. The van der Waals surface area contributed by atoms with Crippen LogP contribution in [-0.4, -0.2) is 19.6 Å². The average Bonchev–Trinajstić information content (AvgIpc) is 2.20. The topological polar surface area (TPSA) is 38.3 Å². The number of nitrogens with one attached hydrogen (secondary N) is 1. The predicted molar refractivity (Wildman–Crippen MR) is 59.6 cm³/mol. The lowest BCUT2D eigenvalue weighted by molar-refractivity contribution is 0.0602. The number of carbonyl (C=O) groups is 1. The Morgan fingerprint density at radius 2 is 2.29 bits per heavy atom. The Hall–Kier alpha value is -1.03. The molecular weight excluding hydrogens is 246 g/mol. The summed E-state index contributed by atoms with van der Waals surface area (Å²) >= 11 is 3.31. The predicted octanol–water partition coefficient (Wildman–Crippen LogP) is 2.67. The van der Waals surface area contributed by atoms with Gasteiger partial charge in [-0.3, -0.25) is 0 Å². The van der Waals surface area contributed by atoms with Gasteiger partial charge in [-0.25, -0.2) is 4.79 Å². The second-order valence-corrected chi connectivity index (χ2v) is 3.63. The number of hydrogen-bond acceptors (Lipinski definition) is 3. The number of benzene rings is 1. The van der Waals surface area contributed by atoms with E-state index in [4.69, 9.17) is 0 Å². The monoisotopic (exact) mass is 257 g/mol. The maximum Gasteiger partial charge on any atom is 0.340 e. The van der Waals surface area contributed by atoms with Crippen LogP contribution in [0.5, 0.6) is 0 Å². The first-order valence-corrected chi connectivity index (χ1v) is 5.10. The third kappa shape index (κ3) is 2.48. The summed E-state index contributed by atoms with van der Waals surface area (Å²) in [5, 5.41) is 3.10. The number of halogens is 1. The van der Waals surface area contributed by atoms with Crippen molar-refractivity contribution in [2.75, 3.05) is 19.0 Å². The van der Waals surface area contributed by atoms with Crippen molar-refractivity contribution in [1.82, 2.24) is 0 Å². The Kier molecular flexibility index (Phi) is 3.95. The van der Waals surface area contributed by atoms with Gasteiger partial charge in [0.25, 0.3) is 0 Å². The van der Waals surface area contributed by atoms with E-state index in [2.05, 4.69) is 26.0 Å². The molecule has 1 rings (SSSR count). The van der Waals surface area contributed by atoms with Crippen LogP contribution in [0.15, 0.2) is 22.7 Å². The Morgan fingerprint density at radius 3 is 2.86 bits per heavy atom. The lowest BCUT2D eigenvalue weighted by Gasteiger charge is -2.09. The van der Waals surface area contributed by atoms with E-state index in [0.717, 1.165) is 16.7 Å². The molecule has 0 aliphatic heterocycles. The first-order chi connectivity index (χ1) is 6.69. The van der Waals surface area contributed by atoms with E-state index in [0.29, 0.717) is 5.56 Å². The first-order valence-electron chi connectivity index (χ1n) is 4.30. The lowest BCUT2D eigenvalue weighted by atomic mass is 10.2. The summed E-state index contributed by atoms with van der Waals surface area (Å²) in [5.41, 5.74) is 1.34. The quantitative estimate of drug-likeness (QED) is 0.847. The highest BCUT2D eigenvalue weighted by atomic mass is 79.9. The van der Waals surface area contributed by atoms with Crippen LogP contribution in [0.2, 0.25) is 0 Å². The molecule has 0 spiro atoms. The molecule has 0 heterocycles. The van der Waals surface area contributed by atoms with Crippen molar-refractivity contribution in [1.29, 1.82) is 0 Å². The van der Waals surface area contributed by atoms with E-state index in [9.17, 15) is 4.79 Å². The Bertz CT molecular complexity index is 339. The normalized spacial score (nSPS) is 9.64. The number of carbonyl (C=O) groups excluding carboxylic acids is 1. The van der Waals surface area contributed by atoms with Crippen LogP contribution < -0.4 is 5.32 Å².